The zero-order chi connectivity index (χ0) is 38.8. The summed E-state index contributed by atoms with van der Waals surface area (Å²) in [5.41, 5.74) is 20.1. The predicted octanol–water partition coefficient (Wildman–Crippen LogP) is 13.6. The molecular formula is C54H51NSi. The first-order valence-corrected chi connectivity index (χ1v) is 23.4. The number of benzene rings is 7. The summed E-state index contributed by atoms with van der Waals surface area (Å²) in [5, 5.41) is 3.07. The van der Waals surface area contributed by atoms with Crippen LogP contribution < -0.4 is 15.3 Å². The Morgan fingerprint density at radius 2 is 0.982 bits per heavy atom. The molecule has 0 saturated heterocycles. The fraction of sp³-hybridized carbons (Fsp3) is 0.222. The Morgan fingerprint density at radius 1 is 0.411 bits per heavy atom. The highest BCUT2D eigenvalue weighted by atomic mass is 28.3. The third-order valence-corrected chi connectivity index (χ3v) is 17.2. The Bertz CT molecular complexity index is 2730. The molecule has 0 bridgehead atoms. The molecule has 0 N–H and O–H groups in total. The first kappa shape index (κ1) is 35.0. The van der Waals surface area contributed by atoms with Gasteiger partial charge in [0.05, 0.1) is 5.69 Å². The second-order valence-corrected chi connectivity index (χ2v) is 23.3. The second kappa shape index (κ2) is 12.0. The van der Waals surface area contributed by atoms with E-state index >= 15 is 0 Å². The Morgan fingerprint density at radius 3 is 1.77 bits per heavy atom. The number of para-hydroxylation sites is 1. The lowest BCUT2D eigenvalue weighted by Crippen LogP contribution is -2.49. The SMILES string of the molecule is CC1(C)CC(C)(C)c2cc(-c3ccc(N(c4ccc5c(c4)C(C)(C)c4ccccc4-5)c4ccccc4-c4ccc5c(c4)[Si](C)(C)c4ccccc4-5)cc3)ccc21. The van der Waals surface area contributed by atoms with Gasteiger partial charge in [-0.2, -0.15) is 0 Å². The normalized spacial score (nSPS) is 17.1. The molecule has 0 amide bonds. The summed E-state index contributed by atoms with van der Waals surface area (Å²) in [6.45, 7) is 19.4. The highest BCUT2D eigenvalue weighted by molar-refractivity contribution is 7.03. The van der Waals surface area contributed by atoms with Crippen LogP contribution in [0.2, 0.25) is 13.1 Å². The lowest BCUT2D eigenvalue weighted by molar-refractivity contribution is 0.403. The monoisotopic (exact) mass is 741 g/mol. The number of nitrogens with zero attached hydrogens (tertiary/aromatic N) is 1. The van der Waals surface area contributed by atoms with Crippen molar-refractivity contribution in [2.24, 2.45) is 0 Å². The van der Waals surface area contributed by atoms with E-state index in [4.69, 9.17) is 0 Å². The Hall–Kier alpha value is -5.44. The minimum Gasteiger partial charge on any atom is -0.310 e. The van der Waals surface area contributed by atoms with Crippen molar-refractivity contribution in [2.45, 2.75) is 77.3 Å². The van der Waals surface area contributed by atoms with E-state index in [1.54, 1.807) is 5.19 Å². The summed E-state index contributed by atoms with van der Waals surface area (Å²) in [7, 11) is -1.85. The van der Waals surface area contributed by atoms with Gasteiger partial charge in [0.2, 0.25) is 0 Å². The van der Waals surface area contributed by atoms with Gasteiger partial charge in [0.15, 0.2) is 0 Å². The molecule has 0 radical (unpaired) electrons. The van der Waals surface area contributed by atoms with Crippen molar-refractivity contribution in [1.82, 2.24) is 0 Å². The quantitative estimate of drug-likeness (QED) is 0.159. The van der Waals surface area contributed by atoms with Gasteiger partial charge in [-0.3, -0.25) is 0 Å². The fourth-order valence-corrected chi connectivity index (χ4v) is 14.1. The zero-order valence-electron chi connectivity index (χ0n) is 34.1. The number of rotatable bonds is 5. The Labute approximate surface area is 334 Å². The van der Waals surface area contributed by atoms with Crippen LogP contribution in [-0.2, 0) is 16.2 Å². The van der Waals surface area contributed by atoms with Gasteiger partial charge in [-0.05, 0) is 119 Å². The Balaban J connectivity index is 1.12. The van der Waals surface area contributed by atoms with Crippen LogP contribution in [0.1, 0.15) is 70.2 Å². The van der Waals surface area contributed by atoms with Crippen LogP contribution in [0.3, 0.4) is 0 Å². The molecule has 10 rings (SSSR count). The van der Waals surface area contributed by atoms with Gasteiger partial charge in [0, 0.05) is 22.4 Å². The van der Waals surface area contributed by atoms with Crippen LogP contribution in [0, 0.1) is 0 Å². The molecule has 1 aliphatic heterocycles. The lowest BCUT2D eigenvalue weighted by atomic mass is 9.82. The topological polar surface area (TPSA) is 3.24 Å². The van der Waals surface area contributed by atoms with E-state index in [1.165, 1.54) is 89.7 Å². The van der Waals surface area contributed by atoms with Crippen molar-refractivity contribution in [1.29, 1.82) is 0 Å². The molecule has 0 spiro atoms. The molecule has 3 aliphatic rings. The molecule has 0 aromatic heterocycles. The maximum Gasteiger partial charge on any atom is 0.113 e. The molecular weight excluding hydrogens is 691 g/mol. The highest BCUT2D eigenvalue weighted by Crippen LogP contribution is 2.52. The zero-order valence-corrected chi connectivity index (χ0v) is 35.1. The van der Waals surface area contributed by atoms with Gasteiger partial charge in [-0.25, -0.2) is 0 Å². The number of fused-ring (bicyclic) bond motifs is 7. The predicted molar refractivity (Wildman–Crippen MR) is 242 cm³/mol. The third kappa shape index (κ3) is 5.11. The van der Waals surface area contributed by atoms with E-state index in [9.17, 15) is 0 Å². The van der Waals surface area contributed by atoms with Crippen LogP contribution >= 0.6 is 0 Å². The molecule has 2 aliphatic carbocycles. The molecule has 7 aromatic rings. The molecule has 2 heteroatoms. The molecule has 276 valence electrons. The molecule has 1 nitrogen and oxygen atoms in total. The minimum atomic E-state index is -1.85. The molecule has 0 saturated carbocycles. The van der Waals surface area contributed by atoms with E-state index < -0.39 is 8.07 Å². The molecule has 0 fully saturated rings. The molecule has 0 atom stereocenters. The summed E-state index contributed by atoms with van der Waals surface area (Å²) in [4.78, 5) is 2.50. The van der Waals surface area contributed by atoms with Crippen LogP contribution in [0.5, 0.6) is 0 Å². The Kier molecular flexibility index (Phi) is 7.52. The molecule has 1 heterocycles. The van der Waals surface area contributed by atoms with Crippen LogP contribution in [-0.4, -0.2) is 8.07 Å². The van der Waals surface area contributed by atoms with Crippen molar-refractivity contribution in [2.75, 3.05) is 4.90 Å². The standard InChI is InChI=1S/C54H51NSi/c1-52(2)34-53(3,4)48-31-36(24-30-46(48)52)35-21-25-38(26-22-35)55(39-27-29-42-41-16-9-12-18-45(41)54(5,6)47(42)33-39)49-19-13-10-15-40(49)37-23-28-44-43-17-11-14-20-50(43)56(7,8)51(44)32-37/h9-33H,34H2,1-8H3. The van der Waals surface area contributed by atoms with Crippen molar-refractivity contribution < 1.29 is 0 Å². The van der Waals surface area contributed by atoms with Crippen molar-refractivity contribution in [3.63, 3.8) is 0 Å². The van der Waals surface area contributed by atoms with Gasteiger partial charge in [-0.15, -0.1) is 0 Å². The van der Waals surface area contributed by atoms with Crippen LogP contribution in [0.25, 0.3) is 44.5 Å². The first-order valence-electron chi connectivity index (χ1n) is 20.4. The van der Waals surface area contributed by atoms with Crippen molar-refractivity contribution >= 4 is 35.5 Å². The first-order chi connectivity index (χ1) is 26.8. The minimum absolute atomic E-state index is 0.0991. The van der Waals surface area contributed by atoms with Crippen LogP contribution in [0.4, 0.5) is 17.1 Å². The van der Waals surface area contributed by atoms with Crippen molar-refractivity contribution in [3.8, 4) is 44.5 Å². The van der Waals surface area contributed by atoms with Gasteiger partial charge in [0.1, 0.15) is 8.07 Å². The maximum atomic E-state index is 2.51. The van der Waals surface area contributed by atoms with Gasteiger partial charge < -0.3 is 4.90 Å². The largest absolute Gasteiger partial charge is 0.310 e. The molecule has 0 unspecified atom stereocenters. The van der Waals surface area contributed by atoms with Gasteiger partial charge in [0.25, 0.3) is 0 Å². The molecule has 7 aromatic carbocycles. The smallest absolute Gasteiger partial charge is 0.113 e. The van der Waals surface area contributed by atoms with E-state index in [0.29, 0.717) is 0 Å². The van der Waals surface area contributed by atoms with E-state index in [0.717, 1.165) is 5.69 Å². The number of hydrogen-bond acceptors (Lipinski definition) is 1. The third-order valence-electron chi connectivity index (χ3n) is 13.7. The summed E-state index contributed by atoms with van der Waals surface area (Å²) in [6.07, 6.45) is 1.17. The number of hydrogen-bond donors (Lipinski definition) is 0. The van der Waals surface area contributed by atoms with Crippen molar-refractivity contribution in [3.05, 3.63) is 174 Å². The maximum absolute atomic E-state index is 2.51. The lowest BCUT2D eigenvalue weighted by Gasteiger charge is -2.30. The fourth-order valence-electron chi connectivity index (χ4n) is 11.0. The average Bonchev–Trinajstić information content (AvgIpc) is 3.65. The summed E-state index contributed by atoms with van der Waals surface area (Å²) < 4.78 is 0. The highest BCUT2D eigenvalue weighted by Gasteiger charge is 2.42. The number of anilines is 3. The summed E-state index contributed by atoms with van der Waals surface area (Å²) in [6, 6.07) is 57.9. The van der Waals surface area contributed by atoms with Gasteiger partial charge >= 0.3 is 0 Å². The summed E-state index contributed by atoms with van der Waals surface area (Å²) in [5.74, 6) is 0. The van der Waals surface area contributed by atoms with E-state index in [1.807, 2.05) is 0 Å². The van der Waals surface area contributed by atoms with E-state index in [-0.39, 0.29) is 16.2 Å². The van der Waals surface area contributed by atoms with Gasteiger partial charge in [-0.1, -0.05) is 176 Å². The summed E-state index contributed by atoms with van der Waals surface area (Å²) >= 11 is 0. The average molecular weight is 742 g/mol. The van der Waals surface area contributed by atoms with E-state index in [2.05, 4.69) is 211 Å². The van der Waals surface area contributed by atoms with Crippen LogP contribution in [0.15, 0.2) is 152 Å². The second-order valence-electron chi connectivity index (χ2n) is 18.9. The molecule has 56 heavy (non-hydrogen) atoms.